The molecule has 15 heavy (non-hydrogen) atoms. The third-order valence-electron chi connectivity index (χ3n) is 3.70. The van der Waals surface area contributed by atoms with Gasteiger partial charge >= 0.3 is 0 Å². The minimum absolute atomic E-state index is 0.762. The maximum Gasteiger partial charge on any atom is 0.0477 e. The van der Waals surface area contributed by atoms with Crippen LogP contribution in [0.15, 0.2) is 0 Å². The summed E-state index contributed by atoms with van der Waals surface area (Å²) in [7, 11) is 0. The van der Waals surface area contributed by atoms with E-state index in [9.17, 15) is 0 Å². The van der Waals surface area contributed by atoms with Crippen LogP contribution in [0.3, 0.4) is 0 Å². The molecule has 0 unspecified atom stereocenters. The maximum absolute atomic E-state index is 5.32. The molecule has 0 saturated heterocycles. The normalized spacial score (nSPS) is 31.8. The second-order valence-corrected chi connectivity index (χ2v) is 4.97. The number of hydrogen-bond acceptors (Lipinski definition) is 2. The van der Waals surface area contributed by atoms with Crippen molar-refractivity contribution < 1.29 is 4.74 Å². The molecule has 0 aliphatic heterocycles. The molecule has 2 nitrogen and oxygen atoms in total. The summed E-state index contributed by atoms with van der Waals surface area (Å²) in [6.45, 7) is 9.69. The molecule has 3 atom stereocenters. The van der Waals surface area contributed by atoms with Gasteiger partial charge in [-0.3, -0.25) is 0 Å². The fourth-order valence-electron chi connectivity index (χ4n) is 2.36. The first-order valence-electron chi connectivity index (χ1n) is 6.55. The molecule has 0 amide bonds. The SMILES string of the molecule is CCOCCCN[C@@H]1CC[C@H](C)[C@@H](C)C1. The van der Waals surface area contributed by atoms with Crippen LogP contribution in [-0.4, -0.2) is 25.8 Å². The standard InChI is InChI=1S/C13H27NO/c1-4-15-9-5-8-14-13-7-6-11(2)12(3)10-13/h11-14H,4-10H2,1-3H3/t11-,12-,13+/m0/s1. The lowest BCUT2D eigenvalue weighted by molar-refractivity contribution is 0.142. The number of nitrogens with one attached hydrogen (secondary N) is 1. The van der Waals surface area contributed by atoms with Crippen LogP contribution in [-0.2, 0) is 4.74 Å². The minimum Gasteiger partial charge on any atom is -0.382 e. The minimum atomic E-state index is 0.762. The van der Waals surface area contributed by atoms with E-state index in [0.717, 1.165) is 44.1 Å². The highest BCUT2D eigenvalue weighted by atomic mass is 16.5. The average molecular weight is 213 g/mol. The average Bonchev–Trinajstić information content (AvgIpc) is 2.23. The van der Waals surface area contributed by atoms with Gasteiger partial charge in [-0.25, -0.2) is 0 Å². The molecule has 1 N–H and O–H groups in total. The summed E-state index contributed by atoms with van der Waals surface area (Å²) >= 11 is 0. The van der Waals surface area contributed by atoms with Crippen molar-refractivity contribution >= 4 is 0 Å². The molecule has 0 spiro atoms. The first-order valence-corrected chi connectivity index (χ1v) is 6.55. The van der Waals surface area contributed by atoms with Crippen molar-refractivity contribution in [2.24, 2.45) is 11.8 Å². The summed E-state index contributed by atoms with van der Waals surface area (Å²) in [5, 5.41) is 3.65. The highest BCUT2D eigenvalue weighted by molar-refractivity contribution is 4.79. The molecular weight excluding hydrogens is 186 g/mol. The van der Waals surface area contributed by atoms with Gasteiger partial charge in [-0.05, 0) is 51.0 Å². The zero-order valence-corrected chi connectivity index (χ0v) is 10.6. The summed E-state index contributed by atoms with van der Waals surface area (Å²) in [5.74, 6) is 1.81. The molecule has 90 valence electrons. The van der Waals surface area contributed by atoms with Crippen molar-refractivity contribution in [3.63, 3.8) is 0 Å². The highest BCUT2D eigenvalue weighted by Crippen LogP contribution is 2.29. The Bertz CT molecular complexity index is 161. The van der Waals surface area contributed by atoms with Gasteiger partial charge in [0.2, 0.25) is 0 Å². The molecule has 1 aliphatic rings. The molecule has 0 bridgehead atoms. The van der Waals surface area contributed by atoms with Gasteiger partial charge in [-0.2, -0.15) is 0 Å². The van der Waals surface area contributed by atoms with Gasteiger partial charge in [0.1, 0.15) is 0 Å². The van der Waals surface area contributed by atoms with Crippen LogP contribution in [0.2, 0.25) is 0 Å². The largest absolute Gasteiger partial charge is 0.382 e. The lowest BCUT2D eigenvalue weighted by atomic mass is 9.79. The van der Waals surface area contributed by atoms with E-state index in [1.54, 1.807) is 0 Å². The van der Waals surface area contributed by atoms with Gasteiger partial charge in [-0.15, -0.1) is 0 Å². The van der Waals surface area contributed by atoms with E-state index in [2.05, 4.69) is 26.1 Å². The Labute approximate surface area is 94.8 Å². The molecule has 0 aromatic heterocycles. The molecular formula is C13H27NO. The van der Waals surface area contributed by atoms with Crippen LogP contribution >= 0.6 is 0 Å². The predicted octanol–water partition coefficient (Wildman–Crippen LogP) is 2.83. The van der Waals surface area contributed by atoms with E-state index >= 15 is 0 Å². The topological polar surface area (TPSA) is 21.3 Å². The van der Waals surface area contributed by atoms with Crippen molar-refractivity contribution in [1.29, 1.82) is 0 Å². The Hall–Kier alpha value is -0.0800. The maximum atomic E-state index is 5.32. The molecule has 0 aromatic rings. The van der Waals surface area contributed by atoms with E-state index < -0.39 is 0 Å². The Balaban J connectivity index is 2.02. The molecule has 0 heterocycles. The van der Waals surface area contributed by atoms with E-state index in [4.69, 9.17) is 4.74 Å². The fraction of sp³-hybridized carbons (Fsp3) is 1.00. The second kappa shape index (κ2) is 7.24. The van der Waals surface area contributed by atoms with Crippen LogP contribution in [0.25, 0.3) is 0 Å². The molecule has 1 fully saturated rings. The zero-order chi connectivity index (χ0) is 11.1. The van der Waals surface area contributed by atoms with E-state index in [1.165, 1.54) is 19.3 Å². The van der Waals surface area contributed by atoms with Crippen molar-refractivity contribution in [3.8, 4) is 0 Å². The summed E-state index contributed by atoms with van der Waals surface area (Å²) in [6.07, 6.45) is 5.26. The summed E-state index contributed by atoms with van der Waals surface area (Å²) in [6, 6.07) is 0.762. The molecule has 0 radical (unpaired) electrons. The molecule has 1 saturated carbocycles. The van der Waals surface area contributed by atoms with E-state index in [1.807, 2.05) is 0 Å². The third kappa shape index (κ3) is 4.98. The van der Waals surface area contributed by atoms with E-state index in [0.29, 0.717) is 0 Å². The van der Waals surface area contributed by atoms with Crippen molar-refractivity contribution in [1.82, 2.24) is 5.32 Å². The lowest BCUT2D eigenvalue weighted by Gasteiger charge is -2.32. The Kier molecular flexibility index (Phi) is 6.26. The quantitative estimate of drug-likeness (QED) is 0.685. The molecule has 1 rings (SSSR count). The summed E-state index contributed by atoms with van der Waals surface area (Å²) in [4.78, 5) is 0. The van der Waals surface area contributed by atoms with Crippen molar-refractivity contribution in [3.05, 3.63) is 0 Å². The van der Waals surface area contributed by atoms with Crippen molar-refractivity contribution in [2.75, 3.05) is 19.8 Å². The first kappa shape index (κ1) is 13.0. The van der Waals surface area contributed by atoms with Gasteiger partial charge in [0, 0.05) is 19.3 Å². The van der Waals surface area contributed by atoms with E-state index in [-0.39, 0.29) is 0 Å². The Morgan fingerprint density at radius 3 is 2.67 bits per heavy atom. The Morgan fingerprint density at radius 1 is 1.20 bits per heavy atom. The van der Waals surface area contributed by atoms with Crippen LogP contribution < -0.4 is 5.32 Å². The van der Waals surface area contributed by atoms with Crippen LogP contribution in [0.1, 0.15) is 46.5 Å². The number of rotatable bonds is 6. The van der Waals surface area contributed by atoms with Crippen LogP contribution in [0, 0.1) is 11.8 Å². The zero-order valence-electron chi connectivity index (χ0n) is 10.6. The molecule has 0 aromatic carbocycles. The summed E-state index contributed by atoms with van der Waals surface area (Å²) < 4.78 is 5.32. The second-order valence-electron chi connectivity index (χ2n) is 4.97. The number of ether oxygens (including phenoxy) is 1. The monoisotopic (exact) mass is 213 g/mol. The first-order chi connectivity index (χ1) is 7.24. The van der Waals surface area contributed by atoms with Gasteiger partial charge in [-0.1, -0.05) is 13.8 Å². The predicted molar refractivity (Wildman–Crippen MR) is 65.1 cm³/mol. The van der Waals surface area contributed by atoms with Gasteiger partial charge < -0.3 is 10.1 Å². The summed E-state index contributed by atoms with van der Waals surface area (Å²) in [5.41, 5.74) is 0. The van der Waals surface area contributed by atoms with Gasteiger partial charge in [0.25, 0.3) is 0 Å². The van der Waals surface area contributed by atoms with Crippen LogP contribution in [0.4, 0.5) is 0 Å². The van der Waals surface area contributed by atoms with Crippen LogP contribution in [0.5, 0.6) is 0 Å². The van der Waals surface area contributed by atoms with Crippen molar-refractivity contribution in [2.45, 2.75) is 52.5 Å². The smallest absolute Gasteiger partial charge is 0.0477 e. The highest BCUT2D eigenvalue weighted by Gasteiger charge is 2.23. The molecule has 1 aliphatic carbocycles. The Morgan fingerprint density at radius 2 is 2.00 bits per heavy atom. The number of hydrogen-bond donors (Lipinski definition) is 1. The lowest BCUT2D eigenvalue weighted by Crippen LogP contribution is -2.36. The molecule has 2 heteroatoms. The third-order valence-corrected chi connectivity index (χ3v) is 3.70. The fourth-order valence-corrected chi connectivity index (χ4v) is 2.36. The van der Waals surface area contributed by atoms with Gasteiger partial charge in [0.15, 0.2) is 0 Å². The van der Waals surface area contributed by atoms with Gasteiger partial charge in [0.05, 0.1) is 0 Å².